The minimum Gasteiger partial charge on any atom is -0.309 e. The van der Waals surface area contributed by atoms with Crippen molar-refractivity contribution >= 4 is 21.4 Å². The van der Waals surface area contributed by atoms with E-state index in [2.05, 4.69) is 5.32 Å². The van der Waals surface area contributed by atoms with E-state index < -0.39 is 9.84 Å². The van der Waals surface area contributed by atoms with E-state index in [1.165, 1.54) is 0 Å². The molecule has 0 aromatic heterocycles. The summed E-state index contributed by atoms with van der Waals surface area (Å²) in [7, 11) is -2.86. The molecule has 0 bridgehead atoms. The van der Waals surface area contributed by atoms with Crippen molar-refractivity contribution in [3.05, 3.63) is 0 Å². The molecule has 0 aliphatic heterocycles. The Morgan fingerprint density at radius 1 is 1.36 bits per heavy atom. The van der Waals surface area contributed by atoms with Gasteiger partial charge >= 0.3 is 0 Å². The average Bonchev–Trinajstić information content (AvgIpc) is 2.17. The summed E-state index contributed by atoms with van der Waals surface area (Å²) >= 11 is 5.78. The maximum absolute atomic E-state index is 11.2. The molecule has 0 aromatic carbocycles. The van der Waals surface area contributed by atoms with Crippen molar-refractivity contribution in [3.63, 3.8) is 0 Å². The normalized spacial score (nSPS) is 16.6. The third-order valence-corrected chi connectivity index (χ3v) is 4.78. The lowest BCUT2D eigenvalue weighted by Gasteiger charge is -2.27. The average molecular weight is 242 g/mol. The van der Waals surface area contributed by atoms with E-state index in [9.17, 15) is 8.42 Å². The summed E-state index contributed by atoms with van der Waals surface area (Å²) in [5, 5.41) is 3.17. The Balaban J connectivity index is 3.96. The van der Waals surface area contributed by atoms with Crippen LogP contribution >= 0.6 is 11.6 Å². The Morgan fingerprint density at radius 3 is 2.29 bits per heavy atom. The maximum Gasteiger partial charge on any atom is 0.151 e. The predicted molar refractivity (Wildman–Crippen MR) is 61.7 cm³/mol. The molecular weight excluding hydrogens is 222 g/mol. The van der Waals surface area contributed by atoms with Gasteiger partial charge in [-0.05, 0) is 13.3 Å². The molecule has 0 fully saturated rings. The minimum atomic E-state index is -2.86. The molecule has 0 spiro atoms. The molecule has 0 aromatic rings. The minimum absolute atomic E-state index is 0.148. The topological polar surface area (TPSA) is 46.2 Å². The summed E-state index contributed by atoms with van der Waals surface area (Å²) in [5.41, 5.74) is -0.148. The predicted octanol–water partition coefficient (Wildman–Crippen LogP) is 1.42. The number of nitrogens with one attached hydrogen (secondary N) is 1. The standard InChI is InChI=1S/C9H20ClNO2S/c1-4-9(3,8-10)11-6-7-14(12,13)5-2/h11H,4-8H2,1-3H3. The van der Waals surface area contributed by atoms with Gasteiger partial charge in [0.05, 0.1) is 5.75 Å². The smallest absolute Gasteiger partial charge is 0.151 e. The molecular formula is C9H20ClNO2S. The quantitative estimate of drug-likeness (QED) is 0.686. The fraction of sp³-hybridized carbons (Fsp3) is 1.00. The maximum atomic E-state index is 11.2. The largest absolute Gasteiger partial charge is 0.309 e. The van der Waals surface area contributed by atoms with Gasteiger partial charge in [0, 0.05) is 23.7 Å². The first-order chi connectivity index (χ1) is 6.39. The second kappa shape index (κ2) is 5.93. The monoisotopic (exact) mass is 241 g/mol. The summed E-state index contributed by atoms with van der Waals surface area (Å²) in [6.45, 7) is 6.17. The number of alkyl halides is 1. The summed E-state index contributed by atoms with van der Waals surface area (Å²) in [6.07, 6.45) is 0.892. The highest BCUT2D eigenvalue weighted by molar-refractivity contribution is 7.91. The number of hydrogen-bond donors (Lipinski definition) is 1. The van der Waals surface area contributed by atoms with Gasteiger partial charge in [0.2, 0.25) is 0 Å². The van der Waals surface area contributed by atoms with Crippen molar-refractivity contribution in [3.8, 4) is 0 Å². The lowest BCUT2D eigenvalue weighted by molar-refractivity contribution is 0.392. The highest BCUT2D eigenvalue weighted by Gasteiger charge is 2.20. The van der Waals surface area contributed by atoms with E-state index in [0.29, 0.717) is 12.4 Å². The second-order valence-electron chi connectivity index (χ2n) is 3.71. The van der Waals surface area contributed by atoms with Crippen LogP contribution in [0, 0.1) is 0 Å². The van der Waals surface area contributed by atoms with E-state index in [1.807, 2.05) is 13.8 Å². The van der Waals surface area contributed by atoms with Crippen LogP contribution in [0.5, 0.6) is 0 Å². The van der Waals surface area contributed by atoms with Crippen LogP contribution in [0.15, 0.2) is 0 Å². The lowest BCUT2D eigenvalue weighted by Crippen LogP contribution is -2.45. The molecule has 3 nitrogen and oxygen atoms in total. The first-order valence-electron chi connectivity index (χ1n) is 4.90. The summed E-state index contributed by atoms with van der Waals surface area (Å²) in [6, 6.07) is 0. The van der Waals surface area contributed by atoms with Crippen LogP contribution in [0.2, 0.25) is 0 Å². The molecule has 0 aliphatic carbocycles. The molecule has 0 saturated heterocycles. The van der Waals surface area contributed by atoms with Crippen molar-refractivity contribution < 1.29 is 8.42 Å². The van der Waals surface area contributed by atoms with E-state index in [-0.39, 0.29) is 17.0 Å². The van der Waals surface area contributed by atoms with Gasteiger partial charge < -0.3 is 5.32 Å². The third kappa shape index (κ3) is 5.17. The molecule has 0 saturated carbocycles. The van der Waals surface area contributed by atoms with Crippen LogP contribution in [-0.2, 0) is 9.84 Å². The van der Waals surface area contributed by atoms with Gasteiger partial charge in [-0.2, -0.15) is 0 Å². The van der Waals surface area contributed by atoms with E-state index in [4.69, 9.17) is 11.6 Å². The van der Waals surface area contributed by atoms with Crippen LogP contribution in [0.25, 0.3) is 0 Å². The van der Waals surface area contributed by atoms with Crippen LogP contribution in [-0.4, -0.2) is 37.9 Å². The van der Waals surface area contributed by atoms with Gasteiger partial charge in [0.1, 0.15) is 0 Å². The van der Waals surface area contributed by atoms with Crippen LogP contribution in [0.1, 0.15) is 27.2 Å². The van der Waals surface area contributed by atoms with Crippen molar-refractivity contribution in [2.75, 3.05) is 23.9 Å². The molecule has 0 radical (unpaired) electrons. The van der Waals surface area contributed by atoms with Crippen LogP contribution in [0.4, 0.5) is 0 Å². The summed E-state index contributed by atoms with van der Waals surface area (Å²) in [4.78, 5) is 0. The van der Waals surface area contributed by atoms with E-state index in [1.54, 1.807) is 6.92 Å². The zero-order valence-corrected chi connectivity index (χ0v) is 10.7. The van der Waals surface area contributed by atoms with Gasteiger partial charge in [0.15, 0.2) is 9.84 Å². The molecule has 1 N–H and O–H groups in total. The fourth-order valence-corrected chi connectivity index (χ4v) is 1.90. The summed E-state index contributed by atoms with van der Waals surface area (Å²) in [5.74, 6) is 0.893. The zero-order valence-electron chi connectivity index (χ0n) is 9.14. The molecule has 0 rings (SSSR count). The SMILES string of the molecule is CCC(C)(CCl)NCCS(=O)(=O)CC. The molecule has 5 heteroatoms. The third-order valence-electron chi connectivity index (χ3n) is 2.48. The first-order valence-corrected chi connectivity index (χ1v) is 7.26. The van der Waals surface area contributed by atoms with Crippen LogP contribution in [0.3, 0.4) is 0 Å². The van der Waals surface area contributed by atoms with Crippen molar-refractivity contribution in [2.45, 2.75) is 32.7 Å². The number of hydrogen-bond acceptors (Lipinski definition) is 3. The van der Waals surface area contributed by atoms with Gasteiger partial charge in [0.25, 0.3) is 0 Å². The van der Waals surface area contributed by atoms with Crippen molar-refractivity contribution in [2.24, 2.45) is 0 Å². The van der Waals surface area contributed by atoms with Crippen LogP contribution < -0.4 is 5.32 Å². The number of rotatable bonds is 7. The molecule has 0 heterocycles. The molecule has 1 atom stereocenters. The molecule has 1 unspecified atom stereocenters. The second-order valence-corrected chi connectivity index (χ2v) is 6.45. The zero-order chi connectivity index (χ0) is 11.2. The Kier molecular flexibility index (Phi) is 6.02. The molecule has 0 aliphatic rings. The van der Waals surface area contributed by atoms with Gasteiger partial charge in [-0.15, -0.1) is 11.6 Å². The van der Waals surface area contributed by atoms with Gasteiger partial charge in [-0.3, -0.25) is 0 Å². The van der Waals surface area contributed by atoms with Gasteiger partial charge in [-0.1, -0.05) is 13.8 Å². The number of sulfone groups is 1. The Morgan fingerprint density at radius 2 is 1.93 bits per heavy atom. The highest BCUT2D eigenvalue weighted by atomic mass is 35.5. The fourth-order valence-electron chi connectivity index (χ4n) is 0.919. The van der Waals surface area contributed by atoms with Crippen molar-refractivity contribution in [1.29, 1.82) is 0 Å². The lowest BCUT2D eigenvalue weighted by atomic mass is 10.0. The molecule has 86 valence electrons. The van der Waals surface area contributed by atoms with E-state index >= 15 is 0 Å². The van der Waals surface area contributed by atoms with E-state index in [0.717, 1.165) is 6.42 Å². The van der Waals surface area contributed by atoms with Gasteiger partial charge in [-0.25, -0.2) is 8.42 Å². The molecule has 14 heavy (non-hydrogen) atoms. The summed E-state index contributed by atoms with van der Waals surface area (Å²) < 4.78 is 22.4. The Hall–Kier alpha value is 0.200. The first kappa shape index (κ1) is 14.2. The number of halogens is 1. The Bertz CT molecular complexity index is 248. The Labute approximate surface area is 92.1 Å². The highest BCUT2D eigenvalue weighted by Crippen LogP contribution is 2.10. The van der Waals surface area contributed by atoms with Crippen molar-refractivity contribution in [1.82, 2.24) is 5.32 Å². The molecule has 0 amide bonds.